The third kappa shape index (κ3) is 4.22. The van der Waals surface area contributed by atoms with E-state index in [1.807, 2.05) is 41.4 Å². The zero-order chi connectivity index (χ0) is 10.2. The minimum atomic E-state index is 0.175. The molecule has 0 atom stereocenters. The number of allylic oxidation sites excluding steroid dienone is 1. The molecule has 0 N–H and O–H groups in total. The summed E-state index contributed by atoms with van der Waals surface area (Å²) >= 11 is 0.248. The molecule has 1 rings (SSSR count). The Hall–Kier alpha value is -1.11. The zero-order valence-corrected chi connectivity index (χ0v) is 9.56. The Bertz CT molecular complexity index is 327. The molecule has 0 radical (unpaired) electrons. The van der Waals surface area contributed by atoms with Crippen molar-refractivity contribution in [2.75, 3.05) is 0 Å². The van der Waals surface area contributed by atoms with E-state index in [1.165, 1.54) is 0 Å². The van der Waals surface area contributed by atoms with Crippen molar-refractivity contribution in [3.8, 4) is 0 Å². The van der Waals surface area contributed by atoms with Gasteiger partial charge in [-0.2, -0.15) is 0 Å². The van der Waals surface area contributed by atoms with Gasteiger partial charge in [0.1, 0.15) is 0 Å². The normalized spacial score (nSPS) is 10.3. The van der Waals surface area contributed by atoms with Crippen molar-refractivity contribution in [1.82, 2.24) is 0 Å². The molecule has 0 aromatic heterocycles. The number of ketones is 1. The van der Waals surface area contributed by atoms with Crippen LogP contribution in [-0.2, 0) is 4.79 Å². The number of benzene rings is 1. The third-order valence-corrected chi connectivity index (χ3v) is 3.05. The minimum absolute atomic E-state index is 0.175. The maximum absolute atomic E-state index is 11.3. The van der Waals surface area contributed by atoms with E-state index in [4.69, 9.17) is 0 Å². The molecule has 1 nitrogen and oxygen atoms in total. The van der Waals surface area contributed by atoms with Crippen molar-refractivity contribution in [1.29, 1.82) is 0 Å². The molecule has 1 aromatic rings. The Balaban J connectivity index is 2.48. The Morgan fingerprint density at radius 2 is 2.07 bits per heavy atom. The van der Waals surface area contributed by atoms with Crippen LogP contribution in [0.25, 0.3) is 6.08 Å². The van der Waals surface area contributed by atoms with Crippen LogP contribution in [0.5, 0.6) is 0 Å². The van der Waals surface area contributed by atoms with Crippen LogP contribution in [-0.4, -0.2) is 20.7 Å². The summed E-state index contributed by atoms with van der Waals surface area (Å²) in [7, 11) is 0. The van der Waals surface area contributed by atoms with Crippen LogP contribution >= 0.6 is 0 Å². The summed E-state index contributed by atoms with van der Waals surface area (Å²) in [6, 6.07) is 9.82. The van der Waals surface area contributed by atoms with Crippen LogP contribution in [0.2, 0.25) is 5.32 Å². The van der Waals surface area contributed by atoms with Crippen molar-refractivity contribution in [3.05, 3.63) is 53.5 Å². The van der Waals surface area contributed by atoms with Gasteiger partial charge >= 0.3 is 90.5 Å². The molecule has 0 aliphatic carbocycles. The van der Waals surface area contributed by atoms with Crippen LogP contribution in [0.15, 0.2) is 48.0 Å². The number of rotatable bonds is 5. The number of carbonyl (C=O) groups excluding carboxylic acids is 1. The molecule has 0 fully saturated rings. The Morgan fingerprint density at radius 3 is 2.71 bits per heavy atom. The maximum atomic E-state index is 11.3. The second-order valence-corrected chi connectivity index (χ2v) is 4.69. The Morgan fingerprint density at radius 1 is 1.36 bits per heavy atom. The molecule has 0 heterocycles. The predicted octanol–water partition coefficient (Wildman–Crippen LogP) is 2.53. The van der Waals surface area contributed by atoms with E-state index in [9.17, 15) is 4.79 Å². The van der Waals surface area contributed by atoms with Crippen LogP contribution in [0.1, 0.15) is 5.56 Å². The Kier molecular flexibility index (Phi) is 4.98. The SMILES string of the molecule is C=C[Se]CC(=O)/C=C/c1ccccc1. The molecule has 0 aliphatic heterocycles. The molecular formula is C12H12OSe. The second-order valence-electron chi connectivity index (χ2n) is 2.69. The first kappa shape index (κ1) is 11.0. The van der Waals surface area contributed by atoms with Crippen molar-refractivity contribution in [2.45, 2.75) is 5.32 Å². The van der Waals surface area contributed by atoms with Gasteiger partial charge in [-0.25, -0.2) is 0 Å². The van der Waals surface area contributed by atoms with Crippen molar-refractivity contribution in [3.63, 3.8) is 0 Å². The summed E-state index contributed by atoms with van der Waals surface area (Å²) in [5.74, 6) is 0.175. The predicted molar refractivity (Wildman–Crippen MR) is 61.2 cm³/mol. The topological polar surface area (TPSA) is 17.1 Å². The van der Waals surface area contributed by atoms with Crippen LogP contribution < -0.4 is 0 Å². The molecule has 0 saturated heterocycles. The third-order valence-electron chi connectivity index (χ3n) is 1.60. The average molecular weight is 251 g/mol. The standard InChI is InChI=1S/C12H12OSe/c1-2-14-10-12(13)9-8-11-6-4-3-5-7-11/h2-9H,1,10H2/b9-8+. The van der Waals surface area contributed by atoms with Gasteiger partial charge < -0.3 is 0 Å². The molecule has 1 aromatic carbocycles. The van der Waals surface area contributed by atoms with Gasteiger partial charge in [0.25, 0.3) is 0 Å². The van der Waals surface area contributed by atoms with Gasteiger partial charge in [-0.15, -0.1) is 0 Å². The fourth-order valence-corrected chi connectivity index (χ4v) is 1.74. The summed E-state index contributed by atoms with van der Waals surface area (Å²) in [5.41, 5.74) is 1.06. The number of hydrogen-bond donors (Lipinski definition) is 0. The molecule has 0 aliphatic rings. The van der Waals surface area contributed by atoms with Crippen molar-refractivity contribution < 1.29 is 4.79 Å². The van der Waals surface area contributed by atoms with E-state index < -0.39 is 0 Å². The molecule has 0 amide bonds. The number of carbonyl (C=O) groups is 1. The van der Waals surface area contributed by atoms with Gasteiger partial charge in [-0.3, -0.25) is 0 Å². The van der Waals surface area contributed by atoms with E-state index in [0.717, 1.165) is 5.56 Å². The second kappa shape index (κ2) is 6.36. The van der Waals surface area contributed by atoms with Crippen molar-refractivity contribution >= 4 is 26.8 Å². The summed E-state index contributed by atoms with van der Waals surface area (Å²) in [4.78, 5) is 13.1. The van der Waals surface area contributed by atoms with Crippen LogP contribution in [0.3, 0.4) is 0 Å². The first-order valence-electron chi connectivity index (χ1n) is 4.31. The van der Waals surface area contributed by atoms with E-state index in [1.54, 1.807) is 6.08 Å². The summed E-state index contributed by atoms with van der Waals surface area (Å²) in [6.07, 6.45) is 3.49. The van der Waals surface area contributed by atoms with Gasteiger partial charge in [-0.05, 0) is 0 Å². The summed E-state index contributed by atoms with van der Waals surface area (Å²) in [6.45, 7) is 3.60. The van der Waals surface area contributed by atoms with E-state index in [0.29, 0.717) is 5.32 Å². The summed E-state index contributed by atoms with van der Waals surface area (Å²) in [5, 5.41) is 0.611. The molecule has 14 heavy (non-hydrogen) atoms. The average Bonchev–Trinajstić information content (AvgIpc) is 2.25. The molecule has 2 heteroatoms. The molecule has 0 spiro atoms. The van der Waals surface area contributed by atoms with Gasteiger partial charge in [0.05, 0.1) is 0 Å². The zero-order valence-electron chi connectivity index (χ0n) is 7.85. The monoisotopic (exact) mass is 252 g/mol. The Labute approximate surface area is 90.7 Å². The van der Waals surface area contributed by atoms with Gasteiger partial charge in [-0.1, -0.05) is 0 Å². The molecule has 72 valence electrons. The molecular weight excluding hydrogens is 239 g/mol. The van der Waals surface area contributed by atoms with Crippen molar-refractivity contribution in [2.24, 2.45) is 0 Å². The fraction of sp³-hybridized carbons (Fsp3) is 0.0833. The quantitative estimate of drug-likeness (QED) is 0.580. The van der Waals surface area contributed by atoms with E-state index in [-0.39, 0.29) is 20.7 Å². The van der Waals surface area contributed by atoms with Crippen LogP contribution in [0.4, 0.5) is 0 Å². The van der Waals surface area contributed by atoms with Gasteiger partial charge in [0, 0.05) is 0 Å². The van der Waals surface area contributed by atoms with Crippen LogP contribution in [0, 0.1) is 0 Å². The van der Waals surface area contributed by atoms with Gasteiger partial charge in [0.2, 0.25) is 0 Å². The van der Waals surface area contributed by atoms with Gasteiger partial charge in [0.15, 0.2) is 0 Å². The van der Waals surface area contributed by atoms with E-state index >= 15 is 0 Å². The first-order chi connectivity index (χ1) is 6.83. The fourth-order valence-electron chi connectivity index (χ4n) is 0.942. The molecule has 0 bridgehead atoms. The molecule has 0 unspecified atom stereocenters. The number of hydrogen-bond acceptors (Lipinski definition) is 1. The molecule has 0 saturated carbocycles. The first-order valence-corrected chi connectivity index (χ1v) is 6.51. The summed E-state index contributed by atoms with van der Waals surface area (Å²) < 4.78 is 0. The van der Waals surface area contributed by atoms with E-state index in [2.05, 4.69) is 6.58 Å².